The zero-order valence-corrected chi connectivity index (χ0v) is 49.0. The molecule has 42 atom stereocenters. The molecule has 42 heteroatoms. The van der Waals surface area contributed by atoms with Crippen molar-refractivity contribution >= 4 is 0 Å². The summed E-state index contributed by atoms with van der Waals surface area (Å²) in [4.78, 5) is 0. The largest absolute Gasteiger partial charge is 0.394 e. The molecule has 93 heavy (non-hydrogen) atoms. The van der Waals surface area contributed by atoms with Crippen LogP contribution in [0.1, 0.15) is 6.92 Å². The molecular formula is C51H86O42. The maximum Gasteiger partial charge on any atom is 0.187 e. The van der Waals surface area contributed by atoms with Crippen LogP contribution in [0.2, 0.25) is 0 Å². The highest BCUT2D eigenvalue weighted by Gasteiger charge is 2.58. The molecule has 542 valence electrons. The van der Waals surface area contributed by atoms with Gasteiger partial charge in [0.05, 0.1) is 59.0 Å². The van der Waals surface area contributed by atoms with Crippen molar-refractivity contribution < 1.29 is 208 Å². The van der Waals surface area contributed by atoms with Crippen LogP contribution < -0.4 is 0 Å². The van der Waals surface area contributed by atoms with Crippen molar-refractivity contribution in [2.45, 2.75) is 265 Å². The molecule has 9 fully saturated rings. The summed E-state index contributed by atoms with van der Waals surface area (Å²) in [6.07, 6.45) is -80.4. The molecule has 0 bridgehead atoms. The van der Waals surface area contributed by atoms with Gasteiger partial charge in [-0.25, -0.2) is 0 Å². The van der Waals surface area contributed by atoms with Crippen molar-refractivity contribution in [2.75, 3.05) is 52.9 Å². The van der Waals surface area contributed by atoms with E-state index in [4.69, 9.17) is 80.5 Å². The summed E-state index contributed by atoms with van der Waals surface area (Å²) in [5.41, 5.74) is 0. The Morgan fingerprint density at radius 3 is 1.20 bits per heavy atom. The second-order valence-electron chi connectivity index (χ2n) is 23.9. The molecule has 9 aliphatic heterocycles. The van der Waals surface area contributed by atoms with E-state index in [1.54, 1.807) is 0 Å². The first-order chi connectivity index (χ1) is 44.0. The first-order valence-corrected chi connectivity index (χ1v) is 29.7. The van der Waals surface area contributed by atoms with Crippen LogP contribution in [0.5, 0.6) is 0 Å². The van der Waals surface area contributed by atoms with Crippen molar-refractivity contribution in [3.05, 3.63) is 0 Å². The van der Waals surface area contributed by atoms with Crippen molar-refractivity contribution in [2.24, 2.45) is 0 Å². The highest BCUT2D eigenvalue weighted by molar-refractivity contribution is 5.00. The predicted molar refractivity (Wildman–Crippen MR) is 278 cm³/mol. The fourth-order valence-electron chi connectivity index (χ4n) is 11.7. The van der Waals surface area contributed by atoms with E-state index in [0.717, 1.165) is 0 Å². The molecular weight excluding hydrogens is 1280 g/mol. The molecule has 9 saturated heterocycles. The van der Waals surface area contributed by atoms with Crippen LogP contribution in [0.3, 0.4) is 0 Å². The Labute approximate surface area is 525 Å². The summed E-state index contributed by atoms with van der Waals surface area (Å²) in [5.74, 6) is 0. The molecule has 0 unspecified atom stereocenters. The van der Waals surface area contributed by atoms with E-state index in [9.17, 15) is 128 Å². The van der Waals surface area contributed by atoms with Crippen molar-refractivity contribution in [3.8, 4) is 0 Å². The van der Waals surface area contributed by atoms with Crippen LogP contribution in [0, 0.1) is 0 Å². The Bertz CT molecular complexity index is 2280. The fourth-order valence-corrected chi connectivity index (χ4v) is 11.7. The minimum absolute atomic E-state index is 0.444. The molecule has 9 aliphatic rings. The number of aliphatic hydroxyl groups excluding tert-OH is 25. The third-order valence-corrected chi connectivity index (χ3v) is 17.5. The van der Waals surface area contributed by atoms with Crippen molar-refractivity contribution in [1.29, 1.82) is 0 Å². The summed E-state index contributed by atoms with van der Waals surface area (Å²) >= 11 is 0. The average molecular weight is 1370 g/mol. The van der Waals surface area contributed by atoms with Gasteiger partial charge in [0.15, 0.2) is 56.6 Å². The van der Waals surface area contributed by atoms with E-state index in [0.29, 0.717) is 0 Å². The summed E-state index contributed by atoms with van der Waals surface area (Å²) < 4.78 is 96.3. The minimum atomic E-state index is -2.33. The monoisotopic (exact) mass is 1370 g/mol. The van der Waals surface area contributed by atoms with Crippen molar-refractivity contribution in [1.82, 2.24) is 0 Å². The van der Waals surface area contributed by atoms with Gasteiger partial charge in [0.2, 0.25) is 0 Å². The SMILES string of the molecule is C[C@@H]1O[C@@H](O[C@H]2[C@H](O[C@H]3[C@@H](OC[C@H]4O[C@@H](O[C@H]5[C@H](O)[C@@H](O)[C@H](O)O[C@@H]5CO)[C@H](O)[C@@H](O)[C@@H]4O[C@@H]4O[C@H](CO[C@H]5OC[C@@H](O[C@@H]6O[C@H](CO[C@H]7OC[C@@H](O)[C@H](O)[C@H]7O)[C@@H](O)[C@H](O)[C@H]6O)[C@H](O)[C@H]5O)[C@@H](O)[C@H](O)[C@H]4O)OC[C@@H](O)[C@@H]3O)O[C@H](CO)[C@H](O)[C@@H]2O)[C@@H](O)[C@H](O)[C@@H]1O. The highest BCUT2D eigenvalue weighted by Crippen LogP contribution is 2.37. The number of rotatable bonds is 21. The lowest BCUT2D eigenvalue weighted by Gasteiger charge is -2.49. The van der Waals surface area contributed by atoms with Gasteiger partial charge in [-0.05, 0) is 6.92 Å². The van der Waals surface area contributed by atoms with Crippen LogP contribution in [0.15, 0.2) is 0 Å². The van der Waals surface area contributed by atoms with E-state index in [1.165, 1.54) is 6.92 Å². The Hall–Kier alpha value is -1.68. The van der Waals surface area contributed by atoms with Gasteiger partial charge in [0.25, 0.3) is 0 Å². The quantitative estimate of drug-likeness (QED) is 0.0507. The van der Waals surface area contributed by atoms with Crippen LogP contribution in [0.25, 0.3) is 0 Å². The maximum absolute atomic E-state index is 11.9. The highest BCUT2D eigenvalue weighted by atomic mass is 16.8. The molecule has 0 radical (unpaired) electrons. The summed E-state index contributed by atoms with van der Waals surface area (Å²) in [6, 6.07) is 0. The van der Waals surface area contributed by atoms with Gasteiger partial charge in [0.1, 0.15) is 195 Å². The molecule has 9 heterocycles. The Kier molecular flexibility index (Phi) is 26.2. The Morgan fingerprint density at radius 2 is 0.634 bits per heavy atom. The van der Waals surface area contributed by atoms with E-state index in [2.05, 4.69) is 0 Å². The fraction of sp³-hybridized carbons (Fsp3) is 1.00. The van der Waals surface area contributed by atoms with Crippen LogP contribution in [0.4, 0.5) is 0 Å². The molecule has 0 aromatic rings. The Morgan fingerprint density at radius 1 is 0.269 bits per heavy atom. The molecule has 0 aliphatic carbocycles. The second-order valence-corrected chi connectivity index (χ2v) is 23.9. The topological polar surface area (TPSA) is 663 Å². The first-order valence-electron chi connectivity index (χ1n) is 29.7. The maximum atomic E-state index is 11.9. The standard InChI is InChI=1S/C51H86O42/c1-10-19(56)26(63)35(72)46(83-10)92-42-29(66)22(59)13(2-52)85-51(42)93-41-21(58)12(55)5-78-50(41)82-9-18-40(31(68)38(75)49(89-18)90-39-14(3-53)84-43(76)32(69)30(39)67)91-48-37(74)28(65)24(61)16(88-48)7-80-45-34(71)25(62)17(8-81-45)87-47-36(73)27(64)23(60)15(86-47)6-79-44-33(70)20(57)11(54)4-77-44/h10-76H,2-9H2,1H3/t10-,11+,12+,13+,14+,15+,16+,17+,18+,19+,20-,21-,22-,23+,24+,25-,26+,27-,28-,29-,30+,31+,32+,33+,34+,35-,36+,37+,38+,39+,40+,41+,42+,43+,44+,45-,46-,47-,48-,49-,50+,51-/m0/s1. The van der Waals surface area contributed by atoms with E-state index < -0.39 is 311 Å². The molecule has 25 N–H and O–H groups in total. The normalized spacial score (nSPS) is 54.4. The predicted octanol–water partition coefficient (Wildman–Crippen LogP) is -17.7. The van der Waals surface area contributed by atoms with Crippen LogP contribution in [-0.4, -0.2) is 439 Å². The van der Waals surface area contributed by atoms with E-state index in [1.807, 2.05) is 0 Å². The van der Waals surface area contributed by atoms with E-state index in [-0.39, 0.29) is 0 Å². The van der Waals surface area contributed by atoms with Crippen LogP contribution >= 0.6 is 0 Å². The summed E-state index contributed by atoms with van der Waals surface area (Å²) in [6.45, 7) is -5.11. The smallest absolute Gasteiger partial charge is 0.187 e. The molecule has 0 aromatic carbocycles. The van der Waals surface area contributed by atoms with Gasteiger partial charge in [-0.15, -0.1) is 0 Å². The van der Waals surface area contributed by atoms with Gasteiger partial charge in [-0.2, -0.15) is 0 Å². The third-order valence-electron chi connectivity index (χ3n) is 17.5. The lowest BCUT2D eigenvalue weighted by molar-refractivity contribution is -0.394. The van der Waals surface area contributed by atoms with Crippen LogP contribution in [-0.2, 0) is 80.5 Å². The number of ether oxygens (including phenoxy) is 17. The molecule has 0 spiro atoms. The second kappa shape index (κ2) is 32.3. The van der Waals surface area contributed by atoms with Gasteiger partial charge >= 0.3 is 0 Å². The molecule has 42 nitrogen and oxygen atoms in total. The average Bonchev–Trinajstić information content (AvgIpc) is 0.832. The van der Waals surface area contributed by atoms with Gasteiger partial charge in [-0.1, -0.05) is 0 Å². The number of hydrogen-bond donors (Lipinski definition) is 25. The summed E-state index contributed by atoms with van der Waals surface area (Å²) in [7, 11) is 0. The molecule has 0 amide bonds. The minimum Gasteiger partial charge on any atom is -0.394 e. The zero-order valence-electron chi connectivity index (χ0n) is 49.0. The van der Waals surface area contributed by atoms with Crippen molar-refractivity contribution in [3.63, 3.8) is 0 Å². The summed E-state index contributed by atoms with van der Waals surface area (Å²) in [5, 5.41) is 269. The molecule has 0 saturated carbocycles. The van der Waals surface area contributed by atoms with Gasteiger partial charge < -0.3 is 208 Å². The lowest BCUT2D eigenvalue weighted by atomic mass is 9.96. The first kappa shape index (κ1) is 75.5. The third kappa shape index (κ3) is 16.2. The molecule has 9 rings (SSSR count). The Balaban J connectivity index is 0.884. The van der Waals surface area contributed by atoms with E-state index >= 15 is 0 Å². The number of aliphatic hydroxyl groups is 25. The lowest BCUT2D eigenvalue weighted by Crippen LogP contribution is -2.67. The zero-order chi connectivity index (χ0) is 67.9. The van der Waals surface area contributed by atoms with Gasteiger partial charge in [-0.3, -0.25) is 0 Å². The molecule has 0 aromatic heterocycles. The van der Waals surface area contributed by atoms with Gasteiger partial charge in [0, 0.05) is 0 Å². The number of hydrogen-bond acceptors (Lipinski definition) is 42.